The number of halogens is 4. The molecule has 0 fully saturated rings. The molecule has 0 spiro atoms. The van der Waals surface area contributed by atoms with Gasteiger partial charge in [0.2, 0.25) is 0 Å². The minimum absolute atomic E-state index is 0.0237. The summed E-state index contributed by atoms with van der Waals surface area (Å²) in [4.78, 5) is 7.15. The van der Waals surface area contributed by atoms with Crippen molar-refractivity contribution >= 4 is 22.6 Å². The van der Waals surface area contributed by atoms with Crippen LogP contribution in [0.15, 0.2) is 54.9 Å². The van der Waals surface area contributed by atoms with Crippen molar-refractivity contribution in [3.8, 4) is 5.75 Å². The minimum Gasteiger partial charge on any atom is -0.486 e. The number of aromatic nitrogens is 2. The molecule has 2 heterocycles. The molecule has 142 valence electrons. The molecule has 0 saturated heterocycles. The number of pyridine rings is 1. The second-order valence-electron chi connectivity index (χ2n) is 6.25. The molecule has 1 N–H and O–H groups in total. The smallest absolute Gasteiger partial charge is 0.171 e. The summed E-state index contributed by atoms with van der Waals surface area (Å²) in [6.45, 7) is -0.206. The highest BCUT2D eigenvalue weighted by Crippen LogP contribution is 2.28. The summed E-state index contributed by atoms with van der Waals surface area (Å²) in [6.07, 6.45) is 3.33. The summed E-state index contributed by atoms with van der Waals surface area (Å²) in [5, 5.41) is 1.04. The molecule has 3 nitrogen and oxygen atoms in total. The molecule has 0 saturated carbocycles. The Hall–Kier alpha value is -2.99. The molecule has 7 heteroatoms. The molecule has 0 amide bonds. The highest BCUT2D eigenvalue weighted by Gasteiger charge is 2.17. The number of benzene rings is 2. The number of rotatable bonds is 5. The highest BCUT2D eigenvalue weighted by atomic mass is 35.5. The zero-order chi connectivity index (χ0) is 19.7. The maximum atomic E-state index is 14.9. The Balaban J connectivity index is 1.60. The number of hydrogen-bond donors (Lipinski definition) is 1. The van der Waals surface area contributed by atoms with Gasteiger partial charge in [0.05, 0.1) is 0 Å². The molecule has 2 aromatic carbocycles. The Morgan fingerprint density at radius 2 is 1.86 bits per heavy atom. The van der Waals surface area contributed by atoms with Crippen molar-refractivity contribution < 1.29 is 17.9 Å². The van der Waals surface area contributed by atoms with Crippen LogP contribution >= 0.6 is 11.6 Å². The first-order valence-corrected chi connectivity index (χ1v) is 8.85. The van der Waals surface area contributed by atoms with E-state index in [2.05, 4.69) is 9.97 Å². The van der Waals surface area contributed by atoms with Crippen molar-refractivity contribution in [2.75, 3.05) is 0 Å². The normalized spacial score (nSPS) is 11.1. The molecule has 0 radical (unpaired) electrons. The van der Waals surface area contributed by atoms with Gasteiger partial charge in [0.25, 0.3) is 0 Å². The van der Waals surface area contributed by atoms with E-state index < -0.39 is 17.5 Å². The number of nitrogens with one attached hydrogen (secondary N) is 1. The maximum Gasteiger partial charge on any atom is 0.171 e. The van der Waals surface area contributed by atoms with Gasteiger partial charge in [0.15, 0.2) is 11.6 Å². The van der Waals surface area contributed by atoms with Gasteiger partial charge in [-0.25, -0.2) is 18.2 Å². The number of H-pyrrole nitrogens is 1. The predicted molar refractivity (Wildman–Crippen MR) is 101 cm³/mol. The number of nitrogens with zero attached hydrogens (tertiary/aromatic N) is 1. The van der Waals surface area contributed by atoms with Gasteiger partial charge in [-0.3, -0.25) is 0 Å². The zero-order valence-electron chi connectivity index (χ0n) is 14.5. The topological polar surface area (TPSA) is 37.9 Å². The Kier molecular flexibility index (Phi) is 4.96. The van der Waals surface area contributed by atoms with Crippen molar-refractivity contribution in [3.63, 3.8) is 0 Å². The van der Waals surface area contributed by atoms with Crippen LogP contribution in [0.25, 0.3) is 11.0 Å². The molecule has 0 aliphatic heterocycles. The third kappa shape index (κ3) is 3.55. The fourth-order valence-electron chi connectivity index (χ4n) is 2.99. The monoisotopic (exact) mass is 402 g/mol. The van der Waals surface area contributed by atoms with E-state index in [9.17, 15) is 13.2 Å². The van der Waals surface area contributed by atoms with Crippen LogP contribution in [0.5, 0.6) is 5.75 Å². The van der Waals surface area contributed by atoms with E-state index in [1.807, 2.05) is 6.07 Å². The maximum absolute atomic E-state index is 14.9. The summed E-state index contributed by atoms with van der Waals surface area (Å²) < 4.78 is 48.5. The van der Waals surface area contributed by atoms with Crippen molar-refractivity contribution in [2.24, 2.45) is 0 Å². The molecule has 0 aliphatic rings. The fraction of sp³-hybridized carbons (Fsp3) is 0.0952. The molecule has 0 unspecified atom stereocenters. The third-order valence-electron chi connectivity index (χ3n) is 4.45. The van der Waals surface area contributed by atoms with Crippen LogP contribution in [0.3, 0.4) is 0 Å². The SMILES string of the molecule is Fc1cc(Cl)ccc1COc1ccc(F)c(Cc2c[nH]c3ncccc23)c1F. The quantitative estimate of drug-likeness (QED) is 0.458. The highest BCUT2D eigenvalue weighted by molar-refractivity contribution is 6.30. The van der Waals surface area contributed by atoms with Gasteiger partial charge in [-0.15, -0.1) is 0 Å². The Morgan fingerprint density at radius 3 is 2.68 bits per heavy atom. The van der Waals surface area contributed by atoms with E-state index in [0.29, 0.717) is 11.2 Å². The number of hydrogen-bond acceptors (Lipinski definition) is 2. The van der Waals surface area contributed by atoms with Crippen LogP contribution in [0.2, 0.25) is 5.02 Å². The second kappa shape index (κ2) is 7.56. The van der Waals surface area contributed by atoms with Gasteiger partial charge in [0, 0.05) is 40.4 Å². The first-order valence-electron chi connectivity index (χ1n) is 8.47. The predicted octanol–water partition coefficient (Wildman–Crippen LogP) is 5.80. The molecule has 4 aromatic rings. The first kappa shape index (κ1) is 18.4. The van der Waals surface area contributed by atoms with E-state index in [1.54, 1.807) is 18.5 Å². The first-order chi connectivity index (χ1) is 13.5. The molecular weight excluding hydrogens is 389 g/mol. The van der Waals surface area contributed by atoms with Gasteiger partial charge in [0.1, 0.15) is 23.9 Å². The Labute approximate surface area is 163 Å². The van der Waals surface area contributed by atoms with E-state index in [-0.39, 0.29) is 34.9 Å². The lowest BCUT2D eigenvalue weighted by molar-refractivity contribution is 0.283. The molecule has 0 bridgehead atoms. The van der Waals surface area contributed by atoms with Gasteiger partial charge in [-0.2, -0.15) is 0 Å². The van der Waals surface area contributed by atoms with Crippen LogP contribution in [0, 0.1) is 17.5 Å². The summed E-state index contributed by atoms with van der Waals surface area (Å²) in [5.74, 6) is -2.20. The average Bonchev–Trinajstić information content (AvgIpc) is 3.09. The van der Waals surface area contributed by atoms with E-state index in [0.717, 1.165) is 17.5 Å². The Morgan fingerprint density at radius 1 is 1.00 bits per heavy atom. The summed E-state index contributed by atoms with van der Waals surface area (Å²) in [7, 11) is 0. The standard InChI is InChI=1S/C21H14ClF3N2O/c22-14-4-3-12(18(24)9-14)11-28-19-6-5-17(23)16(20(19)25)8-13-10-27-21-15(13)2-1-7-26-21/h1-7,9-10H,8,11H2,(H,26,27). The van der Waals surface area contributed by atoms with Gasteiger partial charge >= 0.3 is 0 Å². The lowest BCUT2D eigenvalue weighted by Gasteiger charge is -2.12. The van der Waals surface area contributed by atoms with Crippen LogP contribution in [0.4, 0.5) is 13.2 Å². The van der Waals surface area contributed by atoms with Gasteiger partial charge in [-0.05, 0) is 42.0 Å². The molecule has 0 aliphatic carbocycles. The van der Waals surface area contributed by atoms with Gasteiger partial charge in [-0.1, -0.05) is 17.7 Å². The van der Waals surface area contributed by atoms with E-state index in [1.165, 1.54) is 18.2 Å². The lowest BCUT2D eigenvalue weighted by atomic mass is 10.0. The van der Waals surface area contributed by atoms with Crippen molar-refractivity contribution in [1.82, 2.24) is 9.97 Å². The fourth-order valence-corrected chi connectivity index (χ4v) is 3.15. The average molecular weight is 403 g/mol. The third-order valence-corrected chi connectivity index (χ3v) is 4.69. The van der Waals surface area contributed by atoms with Crippen LogP contribution < -0.4 is 4.74 Å². The number of ether oxygens (including phenoxy) is 1. The van der Waals surface area contributed by atoms with Crippen LogP contribution in [0.1, 0.15) is 16.7 Å². The molecule has 0 atom stereocenters. The second-order valence-corrected chi connectivity index (χ2v) is 6.69. The Bertz CT molecular complexity index is 1160. The van der Waals surface area contributed by atoms with Crippen molar-refractivity contribution in [3.05, 3.63) is 94.0 Å². The molecular formula is C21H14ClF3N2O. The van der Waals surface area contributed by atoms with E-state index in [4.69, 9.17) is 16.3 Å². The summed E-state index contributed by atoms with van der Waals surface area (Å²) >= 11 is 5.72. The number of fused-ring (bicyclic) bond motifs is 1. The van der Waals surface area contributed by atoms with E-state index >= 15 is 0 Å². The zero-order valence-corrected chi connectivity index (χ0v) is 15.2. The van der Waals surface area contributed by atoms with Gasteiger partial charge < -0.3 is 9.72 Å². The number of aromatic amines is 1. The minimum atomic E-state index is -0.812. The van der Waals surface area contributed by atoms with Crippen molar-refractivity contribution in [1.29, 1.82) is 0 Å². The summed E-state index contributed by atoms with van der Waals surface area (Å²) in [6, 6.07) is 10.0. The van der Waals surface area contributed by atoms with Crippen LogP contribution in [-0.2, 0) is 13.0 Å². The largest absolute Gasteiger partial charge is 0.486 e. The summed E-state index contributed by atoms with van der Waals surface area (Å²) in [5.41, 5.74) is 1.45. The lowest BCUT2D eigenvalue weighted by Crippen LogP contribution is -2.04. The molecule has 4 rings (SSSR count). The molecule has 2 aromatic heterocycles. The van der Waals surface area contributed by atoms with Crippen molar-refractivity contribution in [2.45, 2.75) is 13.0 Å². The molecule has 28 heavy (non-hydrogen) atoms. The van der Waals surface area contributed by atoms with Crippen LogP contribution in [-0.4, -0.2) is 9.97 Å².